The second kappa shape index (κ2) is 6.35. The van der Waals surface area contributed by atoms with Gasteiger partial charge in [-0.05, 0) is 25.7 Å². The van der Waals surface area contributed by atoms with E-state index >= 15 is 0 Å². The zero-order valence-electron chi connectivity index (χ0n) is 12.2. The second-order valence-electron chi connectivity index (χ2n) is 4.96. The van der Waals surface area contributed by atoms with Gasteiger partial charge in [-0.1, -0.05) is 13.3 Å². The van der Waals surface area contributed by atoms with E-state index in [4.69, 9.17) is 15.2 Å². The minimum absolute atomic E-state index is 0.336. The summed E-state index contributed by atoms with van der Waals surface area (Å²) in [5.74, 6) is 0.890. The summed E-state index contributed by atoms with van der Waals surface area (Å²) in [7, 11) is 1.56. The van der Waals surface area contributed by atoms with E-state index in [1.54, 1.807) is 14.0 Å². The van der Waals surface area contributed by atoms with E-state index in [1.165, 1.54) is 30.6 Å². The summed E-state index contributed by atoms with van der Waals surface area (Å²) in [5.41, 5.74) is 6.35. The number of esters is 1. The van der Waals surface area contributed by atoms with Crippen LogP contribution >= 0.6 is 11.3 Å². The molecule has 1 aromatic rings. The number of carbonyl (C=O) groups is 1. The van der Waals surface area contributed by atoms with Gasteiger partial charge in [0.1, 0.15) is 15.6 Å². The van der Waals surface area contributed by atoms with Gasteiger partial charge >= 0.3 is 5.97 Å². The maximum absolute atomic E-state index is 11.8. The number of rotatable bonds is 7. The number of nitrogens with one attached hydrogen (secondary N) is 1. The van der Waals surface area contributed by atoms with Gasteiger partial charge in [-0.3, -0.25) is 0 Å². The maximum atomic E-state index is 11.8. The van der Waals surface area contributed by atoms with Crippen molar-refractivity contribution in [2.45, 2.75) is 39.2 Å². The average molecular weight is 298 g/mol. The largest absolute Gasteiger partial charge is 0.492 e. The molecule has 0 bridgehead atoms. The van der Waals surface area contributed by atoms with Crippen LogP contribution in [-0.2, 0) is 4.74 Å². The Labute approximate surface area is 123 Å². The molecule has 0 radical (unpaired) electrons. The average Bonchev–Trinajstić information content (AvgIpc) is 3.05. The highest BCUT2D eigenvalue weighted by Gasteiger charge is 2.37. The molecular formula is C14H22N2O3S. The normalized spacial score (nSPS) is 20.6. The van der Waals surface area contributed by atoms with E-state index < -0.39 is 0 Å². The Balaban J connectivity index is 2.12. The van der Waals surface area contributed by atoms with Crippen LogP contribution in [0.3, 0.4) is 0 Å². The van der Waals surface area contributed by atoms with Crippen LogP contribution in [0.25, 0.3) is 0 Å². The topological polar surface area (TPSA) is 73.6 Å². The minimum Gasteiger partial charge on any atom is -0.492 e. The van der Waals surface area contributed by atoms with E-state index in [9.17, 15) is 4.79 Å². The van der Waals surface area contributed by atoms with Gasteiger partial charge in [-0.15, -0.1) is 11.3 Å². The SMILES string of the molecule is CCCC1CC1Nc1sc(C(=O)OCC)c(N)c1OC. The Morgan fingerprint density at radius 2 is 2.25 bits per heavy atom. The lowest BCUT2D eigenvalue weighted by Crippen LogP contribution is -2.05. The summed E-state index contributed by atoms with van der Waals surface area (Å²) in [6, 6.07) is 0.469. The first-order valence-corrected chi connectivity index (χ1v) is 7.83. The van der Waals surface area contributed by atoms with E-state index in [0.29, 0.717) is 29.0 Å². The van der Waals surface area contributed by atoms with Crippen LogP contribution in [0.1, 0.15) is 42.8 Å². The molecule has 0 amide bonds. The quantitative estimate of drug-likeness (QED) is 0.757. The smallest absolute Gasteiger partial charge is 0.350 e. The number of methoxy groups -OCH3 is 1. The van der Waals surface area contributed by atoms with Crippen molar-refractivity contribution in [1.82, 2.24) is 0 Å². The van der Waals surface area contributed by atoms with E-state index in [-0.39, 0.29) is 5.97 Å². The third-order valence-corrected chi connectivity index (χ3v) is 4.56. The first kappa shape index (κ1) is 15.0. The van der Waals surface area contributed by atoms with Gasteiger partial charge in [0.2, 0.25) is 0 Å². The first-order valence-electron chi connectivity index (χ1n) is 7.02. The molecule has 0 saturated heterocycles. The summed E-state index contributed by atoms with van der Waals surface area (Å²) in [5, 5.41) is 4.26. The lowest BCUT2D eigenvalue weighted by molar-refractivity contribution is 0.0533. The number of nitrogens with two attached hydrogens (primary N) is 1. The van der Waals surface area contributed by atoms with Gasteiger partial charge in [0.15, 0.2) is 5.75 Å². The molecule has 2 unspecified atom stereocenters. The van der Waals surface area contributed by atoms with Crippen LogP contribution in [0.2, 0.25) is 0 Å². The van der Waals surface area contributed by atoms with Gasteiger partial charge in [-0.25, -0.2) is 4.79 Å². The van der Waals surface area contributed by atoms with Crippen molar-refractivity contribution in [1.29, 1.82) is 0 Å². The highest BCUT2D eigenvalue weighted by Crippen LogP contribution is 2.46. The summed E-state index contributed by atoms with van der Waals surface area (Å²) >= 11 is 1.31. The molecule has 1 aliphatic carbocycles. The molecule has 0 aliphatic heterocycles. The predicted molar refractivity (Wildman–Crippen MR) is 81.7 cm³/mol. The Morgan fingerprint density at radius 1 is 1.50 bits per heavy atom. The lowest BCUT2D eigenvalue weighted by atomic mass is 10.2. The van der Waals surface area contributed by atoms with Crippen LogP contribution in [0.5, 0.6) is 5.75 Å². The Morgan fingerprint density at radius 3 is 2.85 bits per heavy atom. The monoisotopic (exact) mass is 298 g/mol. The summed E-state index contributed by atoms with van der Waals surface area (Å²) in [6.45, 7) is 4.30. The molecule has 1 heterocycles. The molecule has 1 saturated carbocycles. The van der Waals surface area contributed by atoms with Crippen molar-refractivity contribution < 1.29 is 14.3 Å². The molecular weight excluding hydrogens is 276 g/mol. The Bertz CT molecular complexity index is 487. The molecule has 2 atom stereocenters. The fraction of sp³-hybridized carbons (Fsp3) is 0.643. The van der Waals surface area contributed by atoms with Crippen molar-refractivity contribution in [3.8, 4) is 5.75 Å². The van der Waals surface area contributed by atoms with Gasteiger partial charge in [0.25, 0.3) is 0 Å². The zero-order valence-corrected chi connectivity index (χ0v) is 13.0. The van der Waals surface area contributed by atoms with Crippen molar-refractivity contribution in [3.63, 3.8) is 0 Å². The Kier molecular flexibility index (Phi) is 4.75. The molecule has 3 N–H and O–H groups in total. The standard InChI is InChI=1S/C14H22N2O3S/c1-4-6-8-7-9(8)16-13-11(18-3)10(15)12(20-13)14(17)19-5-2/h8-9,16H,4-7,15H2,1-3H3. The molecule has 1 fully saturated rings. The van der Waals surface area contributed by atoms with Gasteiger partial charge in [-0.2, -0.15) is 0 Å². The van der Waals surface area contributed by atoms with Crippen molar-refractivity contribution in [2.24, 2.45) is 5.92 Å². The predicted octanol–water partition coefficient (Wildman–Crippen LogP) is 3.12. The minimum atomic E-state index is -0.387. The highest BCUT2D eigenvalue weighted by molar-refractivity contribution is 7.19. The number of anilines is 2. The molecule has 6 heteroatoms. The number of hydrogen-bond donors (Lipinski definition) is 2. The third kappa shape index (κ3) is 3.00. The number of nitrogen functional groups attached to an aromatic ring is 1. The van der Waals surface area contributed by atoms with Crippen LogP contribution in [0.15, 0.2) is 0 Å². The lowest BCUT2D eigenvalue weighted by Gasteiger charge is -2.06. The molecule has 5 nitrogen and oxygen atoms in total. The van der Waals surface area contributed by atoms with Crippen LogP contribution < -0.4 is 15.8 Å². The van der Waals surface area contributed by atoms with Crippen LogP contribution in [0, 0.1) is 5.92 Å². The van der Waals surface area contributed by atoms with E-state index in [0.717, 1.165) is 10.9 Å². The molecule has 0 spiro atoms. The van der Waals surface area contributed by atoms with Gasteiger partial charge < -0.3 is 20.5 Å². The Hall–Kier alpha value is -1.43. The summed E-state index contributed by atoms with van der Waals surface area (Å²) in [4.78, 5) is 12.3. The van der Waals surface area contributed by atoms with Gasteiger partial charge in [0, 0.05) is 6.04 Å². The van der Waals surface area contributed by atoms with Crippen molar-refractivity contribution in [2.75, 3.05) is 24.8 Å². The molecule has 20 heavy (non-hydrogen) atoms. The zero-order chi connectivity index (χ0) is 14.7. The number of ether oxygens (including phenoxy) is 2. The fourth-order valence-electron chi connectivity index (χ4n) is 2.36. The summed E-state index contributed by atoms with van der Waals surface area (Å²) < 4.78 is 10.3. The highest BCUT2D eigenvalue weighted by atomic mass is 32.1. The van der Waals surface area contributed by atoms with Gasteiger partial charge in [0.05, 0.1) is 13.7 Å². The van der Waals surface area contributed by atoms with Crippen molar-refractivity contribution >= 4 is 28.0 Å². The number of thiophene rings is 1. The first-order chi connectivity index (χ1) is 9.62. The molecule has 0 aromatic carbocycles. The summed E-state index contributed by atoms with van der Waals surface area (Å²) in [6.07, 6.45) is 3.59. The van der Waals surface area contributed by atoms with E-state index in [2.05, 4.69) is 12.2 Å². The van der Waals surface area contributed by atoms with Crippen LogP contribution in [-0.4, -0.2) is 25.7 Å². The molecule has 2 rings (SSSR count). The fourth-order valence-corrected chi connectivity index (χ4v) is 3.40. The number of carbonyl (C=O) groups excluding carboxylic acids is 1. The molecule has 1 aliphatic rings. The van der Waals surface area contributed by atoms with E-state index in [1.807, 2.05) is 0 Å². The van der Waals surface area contributed by atoms with Crippen LogP contribution in [0.4, 0.5) is 10.7 Å². The third-order valence-electron chi connectivity index (χ3n) is 3.46. The number of hydrogen-bond acceptors (Lipinski definition) is 6. The van der Waals surface area contributed by atoms with Crippen molar-refractivity contribution in [3.05, 3.63) is 4.88 Å². The maximum Gasteiger partial charge on any atom is 0.350 e. The second-order valence-corrected chi connectivity index (χ2v) is 5.98. The molecule has 112 valence electrons. The molecule has 1 aromatic heterocycles.